The molecule has 0 aliphatic carbocycles. The minimum Gasteiger partial charge on any atom is -0.444 e. The molecular weight excluding hydrogens is 256 g/mol. The second-order valence-electron chi connectivity index (χ2n) is 6.00. The number of ether oxygens (including phenoxy) is 1. The van der Waals surface area contributed by atoms with E-state index < -0.39 is 5.60 Å². The third kappa shape index (κ3) is 4.36. The maximum absolute atomic E-state index is 12.1. The first-order chi connectivity index (χ1) is 9.44. The molecule has 1 atom stereocenters. The fourth-order valence-corrected chi connectivity index (χ4v) is 2.17. The van der Waals surface area contributed by atoms with Gasteiger partial charge in [0.2, 0.25) is 0 Å². The first-order valence-corrected chi connectivity index (χ1v) is 6.94. The molecule has 1 aliphatic heterocycles. The Morgan fingerprint density at radius 2 is 2.25 bits per heavy atom. The fraction of sp³-hybridized carbons (Fsp3) is 0.643. The monoisotopic (exact) mass is 278 g/mol. The number of hydrogen-bond donors (Lipinski definition) is 1. The zero-order chi connectivity index (χ0) is 14.6. The van der Waals surface area contributed by atoms with Crippen LogP contribution in [0.3, 0.4) is 0 Å². The van der Waals surface area contributed by atoms with E-state index in [0.717, 1.165) is 25.2 Å². The van der Waals surface area contributed by atoms with Gasteiger partial charge in [-0.05, 0) is 33.6 Å². The van der Waals surface area contributed by atoms with Crippen molar-refractivity contribution in [2.45, 2.75) is 45.3 Å². The Hall–Kier alpha value is -1.85. The number of carbonyl (C=O) groups excluding carboxylic acids is 1. The van der Waals surface area contributed by atoms with E-state index in [1.807, 2.05) is 20.8 Å². The van der Waals surface area contributed by atoms with Crippen LogP contribution in [-0.4, -0.2) is 45.7 Å². The van der Waals surface area contributed by atoms with Gasteiger partial charge in [0, 0.05) is 31.5 Å². The van der Waals surface area contributed by atoms with Crippen molar-refractivity contribution in [3.8, 4) is 0 Å². The van der Waals surface area contributed by atoms with Gasteiger partial charge in [-0.25, -0.2) is 9.78 Å². The summed E-state index contributed by atoms with van der Waals surface area (Å²) in [6.45, 7) is 7.01. The van der Waals surface area contributed by atoms with Crippen LogP contribution in [0.25, 0.3) is 0 Å². The average Bonchev–Trinajstić information content (AvgIpc) is 2.38. The van der Waals surface area contributed by atoms with Gasteiger partial charge >= 0.3 is 6.09 Å². The van der Waals surface area contributed by atoms with Crippen molar-refractivity contribution in [3.63, 3.8) is 0 Å². The maximum Gasteiger partial charge on any atom is 0.410 e. The zero-order valence-corrected chi connectivity index (χ0v) is 12.3. The van der Waals surface area contributed by atoms with Gasteiger partial charge in [-0.2, -0.15) is 0 Å². The highest BCUT2D eigenvalue weighted by molar-refractivity contribution is 5.68. The van der Waals surface area contributed by atoms with Gasteiger partial charge in [0.05, 0.1) is 6.20 Å². The predicted molar refractivity (Wildman–Crippen MR) is 76.5 cm³/mol. The number of nitrogens with zero attached hydrogens (tertiary/aromatic N) is 3. The van der Waals surface area contributed by atoms with Crippen molar-refractivity contribution in [1.82, 2.24) is 14.9 Å². The highest BCUT2D eigenvalue weighted by Crippen LogP contribution is 2.17. The van der Waals surface area contributed by atoms with Crippen LogP contribution in [0.15, 0.2) is 18.6 Å². The number of amides is 1. The zero-order valence-electron chi connectivity index (χ0n) is 12.3. The lowest BCUT2D eigenvalue weighted by molar-refractivity contribution is 0.0206. The maximum atomic E-state index is 12.1. The molecule has 0 unspecified atom stereocenters. The second-order valence-corrected chi connectivity index (χ2v) is 6.00. The third-order valence-corrected chi connectivity index (χ3v) is 2.99. The first-order valence-electron chi connectivity index (χ1n) is 6.94. The molecule has 0 spiro atoms. The Bertz CT molecular complexity index is 444. The summed E-state index contributed by atoms with van der Waals surface area (Å²) in [5, 5.41) is 3.31. The minimum absolute atomic E-state index is 0.188. The molecule has 0 bridgehead atoms. The summed E-state index contributed by atoms with van der Waals surface area (Å²) in [5.41, 5.74) is -0.456. The van der Waals surface area contributed by atoms with Crippen LogP contribution in [0.1, 0.15) is 33.6 Å². The lowest BCUT2D eigenvalue weighted by Gasteiger charge is -2.34. The number of piperidine rings is 1. The molecule has 110 valence electrons. The summed E-state index contributed by atoms with van der Waals surface area (Å²) in [4.78, 5) is 22.0. The van der Waals surface area contributed by atoms with E-state index in [1.54, 1.807) is 23.5 Å². The molecule has 1 aromatic heterocycles. The molecule has 0 radical (unpaired) electrons. The molecule has 1 aromatic rings. The second kappa shape index (κ2) is 6.07. The summed E-state index contributed by atoms with van der Waals surface area (Å²) in [5.74, 6) is 0.739. The molecule has 6 heteroatoms. The van der Waals surface area contributed by atoms with E-state index in [-0.39, 0.29) is 12.1 Å². The molecule has 0 aromatic carbocycles. The van der Waals surface area contributed by atoms with Gasteiger partial charge in [-0.1, -0.05) is 0 Å². The highest BCUT2D eigenvalue weighted by Gasteiger charge is 2.27. The highest BCUT2D eigenvalue weighted by atomic mass is 16.6. The summed E-state index contributed by atoms with van der Waals surface area (Å²) in [7, 11) is 0. The van der Waals surface area contributed by atoms with E-state index >= 15 is 0 Å². The molecule has 20 heavy (non-hydrogen) atoms. The van der Waals surface area contributed by atoms with E-state index in [9.17, 15) is 4.79 Å². The summed E-state index contributed by atoms with van der Waals surface area (Å²) >= 11 is 0. The van der Waals surface area contributed by atoms with Gasteiger partial charge in [0.15, 0.2) is 0 Å². The quantitative estimate of drug-likeness (QED) is 0.899. The SMILES string of the molecule is CC(C)(C)OC(=O)N1CCC[C@H](Nc2cnccn2)C1. The van der Waals surface area contributed by atoms with Crippen LogP contribution < -0.4 is 5.32 Å². The molecule has 1 fully saturated rings. The number of carbonyl (C=O) groups is 1. The van der Waals surface area contributed by atoms with Crippen molar-refractivity contribution in [1.29, 1.82) is 0 Å². The number of hydrogen-bond acceptors (Lipinski definition) is 5. The Morgan fingerprint density at radius 3 is 2.90 bits per heavy atom. The van der Waals surface area contributed by atoms with Crippen molar-refractivity contribution in [3.05, 3.63) is 18.6 Å². The smallest absolute Gasteiger partial charge is 0.410 e. The third-order valence-electron chi connectivity index (χ3n) is 2.99. The summed E-state index contributed by atoms with van der Waals surface area (Å²) in [6.07, 6.45) is 6.69. The van der Waals surface area contributed by atoms with Crippen molar-refractivity contribution in [2.75, 3.05) is 18.4 Å². The predicted octanol–water partition coefficient (Wildman–Crippen LogP) is 2.29. The Kier molecular flexibility index (Phi) is 4.42. The molecule has 1 N–H and O–H groups in total. The van der Waals surface area contributed by atoms with Crippen molar-refractivity contribution < 1.29 is 9.53 Å². The Morgan fingerprint density at radius 1 is 1.45 bits per heavy atom. The largest absolute Gasteiger partial charge is 0.444 e. The fourth-order valence-electron chi connectivity index (χ4n) is 2.17. The van der Waals surface area contributed by atoms with E-state index in [0.29, 0.717) is 6.54 Å². The standard InChI is InChI=1S/C14H22N4O2/c1-14(2,3)20-13(19)18-8-4-5-11(10-18)17-12-9-15-6-7-16-12/h6-7,9,11H,4-5,8,10H2,1-3H3,(H,16,17)/t11-/m0/s1. The molecule has 1 saturated heterocycles. The number of aromatic nitrogens is 2. The van der Waals surface area contributed by atoms with Crippen molar-refractivity contribution >= 4 is 11.9 Å². The summed E-state index contributed by atoms with van der Waals surface area (Å²) < 4.78 is 5.41. The molecule has 1 aliphatic rings. The van der Waals surface area contributed by atoms with Gasteiger partial charge in [0.1, 0.15) is 11.4 Å². The lowest BCUT2D eigenvalue weighted by atomic mass is 10.1. The van der Waals surface area contributed by atoms with E-state index in [4.69, 9.17) is 4.74 Å². The number of nitrogens with one attached hydrogen (secondary N) is 1. The Balaban J connectivity index is 1.90. The van der Waals surface area contributed by atoms with Crippen LogP contribution in [-0.2, 0) is 4.74 Å². The number of likely N-dealkylation sites (tertiary alicyclic amines) is 1. The van der Waals surface area contributed by atoms with Crippen LogP contribution in [0, 0.1) is 0 Å². The van der Waals surface area contributed by atoms with E-state index in [2.05, 4.69) is 15.3 Å². The van der Waals surface area contributed by atoms with Crippen LogP contribution in [0.5, 0.6) is 0 Å². The van der Waals surface area contributed by atoms with Crippen molar-refractivity contribution in [2.24, 2.45) is 0 Å². The van der Waals surface area contributed by atoms with Crippen LogP contribution in [0.4, 0.5) is 10.6 Å². The van der Waals surface area contributed by atoms with Crippen LogP contribution >= 0.6 is 0 Å². The molecular formula is C14H22N4O2. The molecule has 2 rings (SSSR count). The normalized spacial score (nSPS) is 19.6. The number of anilines is 1. The van der Waals surface area contributed by atoms with Crippen LogP contribution in [0.2, 0.25) is 0 Å². The topological polar surface area (TPSA) is 67.3 Å². The van der Waals surface area contributed by atoms with Gasteiger partial charge in [-0.3, -0.25) is 4.98 Å². The Labute approximate surface area is 119 Å². The minimum atomic E-state index is -0.456. The van der Waals surface area contributed by atoms with Gasteiger partial charge in [0.25, 0.3) is 0 Å². The van der Waals surface area contributed by atoms with Gasteiger partial charge in [-0.15, -0.1) is 0 Å². The molecule has 6 nitrogen and oxygen atoms in total. The first kappa shape index (κ1) is 14.6. The average molecular weight is 278 g/mol. The van der Waals surface area contributed by atoms with E-state index in [1.165, 1.54) is 0 Å². The lowest BCUT2D eigenvalue weighted by Crippen LogP contribution is -2.47. The number of rotatable bonds is 2. The molecule has 0 saturated carbocycles. The molecule has 2 heterocycles. The molecule has 1 amide bonds. The summed E-state index contributed by atoms with van der Waals surface area (Å²) in [6, 6.07) is 0.188. The van der Waals surface area contributed by atoms with Gasteiger partial charge < -0.3 is 15.0 Å².